The fourth-order valence-electron chi connectivity index (χ4n) is 2.00. The summed E-state index contributed by atoms with van der Waals surface area (Å²) < 4.78 is 18.0. The van der Waals surface area contributed by atoms with Gasteiger partial charge in [0.1, 0.15) is 5.82 Å². The molecule has 6 heteroatoms. The van der Waals surface area contributed by atoms with Crippen LogP contribution in [0.4, 0.5) is 15.8 Å². The monoisotopic (exact) mass is 290 g/mol. The maximum atomic E-state index is 13.0. The van der Waals surface area contributed by atoms with E-state index in [1.54, 1.807) is 12.1 Å². The summed E-state index contributed by atoms with van der Waals surface area (Å²) in [5.74, 6) is -0.0696. The average molecular weight is 290 g/mol. The number of ether oxygens (including phenoxy) is 1. The number of halogens is 1. The molecule has 0 unspecified atom stereocenters. The van der Waals surface area contributed by atoms with Crippen molar-refractivity contribution in [3.05, 3.63) is 63.5 Å². The maximum absolute atomic E-state index is 13.0. The van der Waals surface area contributed by atoms with Crippen LogP contribution in [0.5, 0.6) is 5.75 Å². The predicted octanol–water partition coefficient (Wildman–Crippen LogP) is 3.66. The minimum Gasteiger partial charge on any atom is -0.490 e. The number of nitrogens with one attached hydrogen (secondary N) is 1. The molecule has 0 saturated carbocycles. The molecule has 2 aromatic carbocycles. The molecule has 0 aliphatic heterocycles. The second-order valence-corrected chi connectivity index (χ2v) is 4.57. The van der Waals surface area contributed by atoms with Crippen molar-refractivity contribution in [3.63, 3.8) is 0 Å². The Balaban J connectivity index is 2.16. The summed E-state index contributed by atoms with van der Waals surface area (Å²) >= 11 is 0. The third kappa shape index (κ3) is 3.47. The van der Waals surface area contributed by atoms with Gasteiger partial charge in [0, 0.05) is 18.3 Å². The van der Waals surface area contributed by atoms with Crippen LogP contribution in [0.15, 0.2) is 36.4 Å². The highest BCUT2D eigenvalue weighted by Gasteiger charge is 2.15. The molecule has 0 atom stereocenters. The molecule has 0 spiro atoms. The lowest BCUT2D eigenvalue weighted by Gasteiger charge is -2.10. The van der Waals surface area contributed by atoms with E-state index in [1.165, 1.54) is 31.4 Å². The number of benzene rings is 2. The number of aryl methyl sites for hydroxylation is 1. The number of nitrogens with zero attached hydrogens (tertiary/aromatic N) is 1. The van der Waals surface area contributed by atoms with Crippen LogP contribution in [-0.4, -0.2) is 12.0 Å². The normalized spacial score (nSPS) is 10.2. The largest absolute Gasteiger partial charge is 0.490 e. The summed E-state index contributed by atoms with van der Waals surface area (Å²) in [5, 5.41) is 14.0. The lowest BCUT2D eigenvalue weighted by atomic mass is 10.1. The van der Waals surface area contributed by atoms with E-state index in [-0.39, 0.29) is 17.3 Å². The van der Waals surface area contributed by atoms with Crippen LogP contribution in [0.1, 0.15) is 11.1 Å². The summed E-state index contributed by atoms with van der Waals surface area (Å²) in [5.41, 5.74) is 2.25. The Bertz CT molecular complexity index is 674. The molecule has 0 aromatic heterocycles. The van der Waals surface area contributed by atoms with Gasteiger partial charge in [-0.05, 0) is 42.3 Å². The molecule has 0 aliphatic rings. The van der Waals surface area contributed by atoms with Gasteiger partial charge in [0.25, 0.3) is 0 Å². The highest BCUT2D eigenvalue weighted by atomic mass is 19.1. The summed E-state index contributed by atoms with van der Waals surface area (Å²) in [4.78, 5) is 10.5. The zero-order chi connectivity index (χ0) is 15.4. The van der Waals surface area contributed by atoms with Crippen molar-refractivity contribution in [2.24, 2.45) is 0 Å². The van der Waals surface area contributed by atoms with Crippen molar-refractivity contribution < 1.29 is 14.1 Å². The number of hydrogen-bond acceptors (Lipinski definition) is 4. The molecule has 0 heterocycles. The summed E-state index contributed by atoms with van der Waals surface area (Å²) in [7, 11) is 1.39. The van der Waals surface area contributed by atoms with Gasteiger partial charge in [-0.25, -0.2) is 4.39 Å². The van der Waals surface area contributed by atoms with E-state index >= 15 is 0 Å². The van der Waals surface area contributed by atoms with Gasteiger partial charge in [0.15, 0.2) is 5.75 Å². The van der Waals surface area contributed by atoms with Crippen LogP contribution < -0.4 is 10.1 Å². The Morgan fingerprint density at radius 3 is 2.67 bits per heavy atom. The quantitative estimate of drug-likeness (QED) is 0.674. The molecule has 0 radical (unpaired) electrons. The van der Waals surface area contributed by atoms with E-state index in [0.29, 0.717) is 12.2 Å². The third-order valence-corrected chi connectivity index (χ3v) is 3.16. The van der Waals surface area contributed by atoms with Gasteiger partial charge in [0.05, 0.1) is 12.0 Å². The molecule has 2 rings (SSSR count). The van der Waals surface area contributed by atoms with Crippen molar-refractivity contribution >= 4 is 11.4 Å². The smallest absolute Gasteiger partial charge is 0.312 e. The highest BCUT2D eigenvalue weighted by Crippen LogP contribution is 2.29. The minimum atomic E-state index is -0.493. The first-order valence-electron chi connectivity index (χ1n) is 6.32. The van der Waals surface area contributed by atoms with Gasteiger partial charge in [0.2, 0.25) is 0 Å². The Labute approximate surface area is 121 Å². The van der Waals surface area contributed by atoms with Gasteiger partial charge in [-0.15, -0.1) is 0 Å². The average Bonchev–Trinajstić information content (AvgIpc) is 2.46. The predicted molar refractivity (Wildman–Crippen MR) is 78.1 cm³/mol. The lowest BCUT2D eigenvalue weighted by molar-refractivity contribution is -0.385. The van der Waals surface area contributed by atoms with Gasteiger partial charge >= 0.3 is 5.69 Å². The van der Waals surface area contributed by atoms with E-state index in [2.05, 4.69) is 5.32 Å². The molecule has 0 amide bonds. The van der Waals surface area contributed by atoms with E-state index in [4.69, 9.17) is 4.74 Å². The van der Waals surface area contributed by atoms with Crippen LogP contribution >= 0.6 is 0 Å². The molecule has 1 N–H and O–H groups in total. The number of nitro benzene ring substituents is 1. The molecule has 0 bridgehead atoms. The number of methoxy groups -OCH3 is 1. The zero-order valence-electron chi connectivity index (χ0n) is 11.7. The number of nitro groups is 1. The lowest BCUT2D eigenvalue weighted by Crippen LogP contribution is -2.02. The van der Waals surface area contributed by atoms with E-state index in [9.17, 15) is 14.5 Å². The first-order valence-corrected chi connectivity index (χ1v) is 6.32. The SMILES string of the molecule is COc1ccc(NCc2ccc(F)cc2C)cc1[N+](=O)[O-]. The van der Waals surface area contributed by atoms with Crippen molar-refractivity contribution in [1.29, 1.82) is 0 Å². The molecule has 2 aromatic rings. The molecule has 5 nitrogen and oxygen atoms in total. The fraction of sp³-hybridized carbons (Fsp3) is 0.200. The number of rotatable bonds is 5. The fourth-order valence-corrected chi connectivity index (χ4v) is 2.00. The van der Waals surface area contributed by atoms with Crippen LogP contribution in [-0.2, 0) is 6.54 Å². The van der Waals surface area contributed by atoms with Crippen LogP contribution in [0.3, 0.4) is 0 Å². The van der Waals surface area contributed by atoms with Crippen molar-refractivity contribution in [2.45, 2.75) is 13.5 Å². The topological polar surface area (TPSA) is 64.4 Å². The van der Waals surface area contributed by atoms with E-state index < -0.39 is 4.92 Å². The molecule has 21 heavy (non-hydrogen) atoms. The van der Waals surface area contributed by atoms with Crippen molar-refractivity contribution in [1.82, 2.24) is 0 Å². The Morgan fingerprint density at radius 1 is 1.29 bits per heavy atom. The van der Waals surface area contributed by atoms with E-state index in [1.807, 2.05) is 6.92 Å². The first-order chi connectivity index (χ1) is 10.0. The van der Waals surface area contributed by atoms with Crippen LogP contribution in [0, 0.1) is 22.9 Å². The molecular formula is C15H15FN2O3. The summed E-state index contributed by atoms with van der Waals surface area (Å²) in [6.45, 7) is 2.27. The van der Waals surface area contributed by atoms with Crippen LogP contribution in [0.2, 0.25) is 0 Å². The first kappa shape index (κ1) is 14.8. The Hall–Kier alpha value is -2.63. The van der Waals surface area contributed by atoms with E-state index in [0.717, 1.165) is 11.1 Å². The molecule has 110 valence electrons. The maximum Gasteiger partial charge on any atom is 0.312 e. The van der Waals surface area contributed by atoms with Gasteiger partial charge in [-0.2, -0.15) is 0 Å². The Morgan fingerprint density at radius 2 is 2.05 bits per heavy atom. The van der Waals surface area contributed by atoms with Crippen LogP contribution in [0.25, 0.3) is 0 Å². The summed E-state index contributed by atoms with van der Waals surface area (Å²) in [6, 6.07) is 9.18. The Kier molecular flexibility index (Phi) is 4.37. The van der Waals surface area contributed by atoms with Gasteiger partial charge in [-0.1, -0.05) is 6.07 Å². The second-order valence-electron chi connectivity index (χ2n) is 4.57. The summed E-state index contributed by atoms with van der Waals surface area (Å²) in [6.07, 6.45) is 0. The number of hydrogen-bond donors (Lipinski definition) is 1. The number of anilines is 1. The highest BCUT2D eigenvalue weighted by molar-refractivity contribution is 5.58. The molecule has 0 aliphatic carbocycles. The molecule has 0 fully saturated rings. The van der Waals surface area contributed by atoms with Gasteiger partial charge in [-0.3, -0.25) is 10.1 Å². The molecule has 0 saturated heterocycles. The minimum absolute atomic E-state index is 0.0988. The zero-order valence-corrected chi connectivity index (χ0v) is 11.7. The second kappa shape index (κ2) is 6.21. The molecular weight excluding hydrogens is 275 g/mol. The van der Waals surface area contributed by atoms with Crippen molar-refractivity contribution in [3.8, 4) is 5.75 Å². The third-order valence-electron chi connectivity index (χ3n) is 3.16. The standard InChI is InChI=1S/C15H15FN2O3/c1-10-7-12(16)4-3-11(10)9-17-13-5-6-15(21-2)14(8-13)18(19)20/h3-8,17H,9H2,1-2H3. The van der Waals surface area contributed by atoms with Crippen molar-refractivity contribution in [2.75, 3.05) is 12.4 Å². The van der Waals surface area contributed by atoms with Gasteiger partial charge < -0.3 is 10.1 Å².